The lowest BCUT2D eigenvalue weighted by molar-refractivity contribution is -0.149. The van der Waals surface area contributed by atoms with E-state index in [0.29, 0.717) is 17.0 Å². The Kier molecular flexibility index (Phi) is 5.82. The molecule has 0 radical (unpaired) electrons. The van der Waals surface area contributed by atoms with Gasteiger partial charge in [-0.2, -0.15) is 0 Å². The van der Waals surface area contributed by atoms with Gasteiger partial charge in [0.25, 0.3) is 0 Å². The van der Waals surface area contributed by atoms with E-state index in [2.05, 4.69) is 0 Å². The van der Waals surface area contributed by atoms with Gasteiger partial charge in [-0.15, -0.1) is 0 Å². The van der Waals surface area contributed by atoms with Gasteiger partial charge in [0.05, 0.1) is 25.8 Å². The summed E-state index contributed by atoms with van der Waals surface area (Å²) >= 11 is 0. The molecule has 0 spiro atoms. The van der Waals surface area contributed by atoms with Gasteiger partial charge in [0.15, 0.2) is 11.6 Å². The molecular formula is C21H22FNO5. The lowest BCUT2D eigenvalue weighted by Gasteiger charge is -2.20. The molecule has 148 valence electrons. The summed E-state index contributed by atoms with van der Waals surface area (Å²) in [6.07, 6.45) is 0.0624. The van der Waals surface area contributed by atoms with E-state index in [1.165, 1.54) is 26.4 Å². The highest BCUT2D eigenvalue weighted by Gasteiger charge is 2.37. The number of aryl methyl sites for hydroxylation is 1. The fourth-order valence-electron chi connectivity index (χ4n) is 3.18. The number of hydrogen-bond acceptors (Lipinski definition) is 5. The highest BCUT2D eigenvalue weighted by Crippen LogP contribution is 2.34. The Balaban J connectivity index is 1.65. The van der Waals surface area contributed by atoms with E-state index in [-0.39, 0.29) is 31.2 Å². The molecule has 0 aliphatic carbocycles. The topological polar surface area (TPSA) is 65.1 Å². The van der Waals surface area contributed by atoms with Crippen LogP contribution in [0.15, 0.2) is 36.4 Å². The smallest absolute Gasteiger partial charge is 0.311 e. The molecule has 1 aliphatic heterocycles. The third kappa shape index (κ3) is 4.08. The van der Waals surface area contributed by atoms with Crippen molar-refractivity contribution in [3.05, 3.63) is 53.3 Å². The first-order valence-corrected chi connectivity index (χ1v) is 8.87. The van der Waals surface area contributed by atoms with Crippen LogP contribution in [0.5, 0.6) is 11.5 Å². The van der Waals surface area contributed by atoms with Crippen LogP contribution in [0.25, 0.3) is 0 Å². The summed E-state index contributed by atoms with van der Waals surface area (Å²) in [5.74, 6) is -1.06. The third-order valence-corrected chi connectivity index (χ3v) is 4.68. The van der Waals surface area contributed by atoms with E-state index in [1.807, 2.05) is 19.1 Å². The Bertz CT molecular complexity index is 898. The average Bonchev–Trinajstić information content (AvgIpc) is 3.07. The van der Waals surface area contributed by atoms with E-state index in [9.17, 15) is 14.0 Å². The van der Waals surface area contributed by atoms with E-state index in [4.69, 9.17) is 14.2 Å². The summed E-state index contributed by atoms with van der Waals surface area (Å²) < 4.78 is 29.2. The standard InChI is InChI=1S/C21H22FNO5/c1-13-4-6-19(27-3)17(8-13)23-11-15(10-20(23)24)21(25)28-12-14-5-7-18(26-2)16(22)9-14/h4-9,15H,10-12H2,1-3H3/t15-/m0/s1. The van der Waals surface area contributed by atoms with Crippen LogP contribution in [0.4, 0.5) is 10.1 Å². The van der Waals surface area contributed by atoms with Crippen LogP contribution in [0.1, 0.15) is 17.5 Å². The minimum Gasteiger partial charge on any atom is -0.495 e. The second kappa shape index (κ2) is 8.29. The molecule has 6 nitrogen and oxygen atoms in total. The third-order valence-electron chi connectivity index (χ3n) is 4.68. The van der Waals surface area contributed by atoms with Gasteiger partial charge >= 0.3 is 5.97 Å². The summed E-state index contributed by atoms with van der Waals surface area (Å²) in [6.45, 7) is 2.07. The monoisotopic (exact) mass is 387 g/mol. The number of ether oxygens (including phenoxy) is 3. The molecule has 1 amide bonds. The van der Waals surface area contributed by atoms with E-state index < -0.39 is 17.7 Å². The molecule has 1 saturated heterocycles. The van der Waals surface area contributed by atoms with Gasteiger partial charge < -0.3 is 19.1 Å². The van der Waals surface area contributed by atoms with E-state index >= 15 is 0 Å². The number of amides is 1. The van der Waals surface area contributed by atoms with Gasteiger partial charge in [0.1, 0.15) is 12.4 Å². The second-order valence-electron chi connectivity index (χ2n) is 6.66. The van der Waals surface area contributed by atoms with Gasteiger partial charge in [-0.1, -0.05) is 12.1 Å². The minimum absolute atomic E-state index is 0.0624. The molecule has 0 aromatic heterocycles. The van der Waals surface area contributed by atoms with Crippen molar-refractivity contribution in [2.24, 2.45) is 5.92 Å². The summed E-state index contributed by atoms with van der Waals surface area (Å²) in [7, 11) is 2.92. The van der Waals surface area contributed by atoms with Crippen molar-refractivity contribution in [1.29, 1.82) is 0 Å². The molecular weight excluding hydrogens is 365 g/mol. The molecule has 0 unspecified atom stereocenters. The Labute approximate surface area is 162 Å². The van der Waals surface area contributed by atoms with Crippen molar-refractivity contribution in [1.82, 2.24) is 0 Å². The maximum Gasteiger partial charge on any atom is 0.311 e. The molecule has 2 aromatic carbocycles. The lowest BCUT2D eigenvalue weighted by Crippen LogP contribution is -2.27. The fourth-order valence-corrected chi connectivity index (χ4v) is 3.18. The van der Waals surface area contributed by atoms with Crippen LogP contribution in [0.2, 0.25) is 0 Å². The summed E-state index contributed by atoms with van der Waals surface area (Å²) in [5, 5.41) is 0. The number of anilines is 1. The predicted octanol–water partition coefficient (Wildman–Crippen LogP) is 3.25. The van der Waals surface area contributed by atoms with Crippen molar-refractivity contribution in [2.75, 3.05) is 25.7 Å². The van der Waals surface area contributed by atoms with Crippen molar-refractivity contribution in [3.8, 4) is 11.5 Å². The number of methoxy groups -OCH3 is 2. The molecule has 1 aliphatic rings. The first-order chi connectivity index (χ1) is 13.4. The zero-order valence-corrected chi connectivity index (χ0v) is 16.0. The summed E-state index contributed by atoms with van der Waals surface area (Å²) in [4.78, 5) is 26.4. The van der Waals surface area contributed by atoms with Crippen molar-refractivity contribution < 1.29 is 28.2 Å². The Morgan fingerprint density at radius 3 is 2.54 bits per heavy atom. The van der Waals surface area contributed by atoms with Crippen LogP contribution >= 0.6 is 0 Å². The largest absolute Gasteiger partial charge is 0.495 e. The molecule has 28 heavy (non-hydrogen) atoms. The van der Waals surface area contributed by atoms with Crippen LogP contribution in [-0.4, -0.2) is 32.6 Å². The molecule has 0 saturated carbocycles. The zero-order chi connectivity index (χ0) is 20.3. The van der Waals surface area contributed by atoms with Gasteiger partial charge in [0, 0.05) is 13.0 Å². The number of hydrogen-bond donors (Lipinski definition) is 0. The molecule has 3 rings (SSSR count). The van der Waals surface area contributed by atoms with Crippen LogP contribution in [-0.2, 0) is 20.9 Å². The van der Waals surface area contributed by atoms with Crippen LogP contribution < -0.4 is 14.4 Å². The van der Waals surface area contributed by atoms with Crippen molar-refractivity contribution in [3.63, 3.8) is 0 Å². The Morgan fingerprint density at radius 1 is 1.14 bits per heavy atom. The van der Waals surface area contributed by atoms with Gasteiger partial charge in [-0.25, -0.2) is 4.39 Å². The van der Waals surface area contributed by atoms with Crippen molar-refractivity contribution in [2.45, 2.75) is 20.0 Å². The number of rotatable bonds is 6. The normalized spacial score (nSPS) is 16.2. The number of esters is 1. The van der Waals surface area contributed by atoms with Gasteiger partial charge in [0.2, 0.25) is 5.91 Å². The fraction of sp³-hybridized carbons (Fsp3) is 0.333. The number of nitrogens with zero attached hydrogens (tertiary/aromatic N) is 1. The quantitative estimate of drug-likeness (QED) is 0.712. The van der Waals surface area contributed by atoms with E-state index in [1.54, 1.807) is 17.0 Å². The highest BCUT2D eigenvalue weighted by molar-refractivity contribution is 6.00. The SMILES string of the molecule is COc1ccc(COC(=O)[C@H]2CC(=O)N(c3cc(C)ccc3OC)C2)cc1F. The Hall–Kier alpha value is -3.09. The molecule has 0 bridgehead atoms. The first kappa shape index (κ1) is 19.7. The van der Waals surface area contributed by atoms with Crippen molar-refractivity contribution >= 4 is 17.6 Å². The molecule has 1 heterocycles. The molecule has 2 aromatic rings. The lowest BCUT2D eigenvalue weighted by atomic mass is 10.1. The van der Waals surface area contributed by atoms with Crippen LogP contribution in [0.3, 0.4) is 0 Å². The zero-order valence-electron chi connectivity index (χ0n) is 16.0. The van der Waals surface area contributed by atoms with E-state index in [0.717, 1.165) is 5.56 Å². The van der Waals surface area contributed by atoms with Gasteiger partial charge in [-0.05, 0) is 42.3 Å². The summed E-state index contributed by atoms with van der Waals surface area (Å²) in [6, 6.07) is 9.90. The minimum atomic E-state index is -0.583. The maximum absolute atomic E-state index is 13.7. The van der Waals surface area contributed by atoms with Gasteiger partial charge in [-0.3, -0.25) is 9.59 Å². The number of carbonyl (C=O) groups is 2. The molecule has 1 fully saturated rings. The first-order valence-electron chi connectivity index (χ1n) is 8.87. The number of carbonyl (C=O) groups excluding carboxylic acids is 2. The molecule has 7 heteroatoms. The van der Waals surface area contributed by atoms with Crippen LogP contribution in [0, 0.1) is 18.7 Å². The maximum atomic E-state index is 13.7. The molecule has 0 N–H and O–H groups in total. The number of halogens is 1. The molecule has 1 atom stereocenters. The highest BCUT2D eigenvalue weighted by atomic mass is 19.1. The average molecular weight is 387 g/mol. The number of benzene rings is 2. The predicted molar refractivity (Wildman–Crippen MR) is 101 cm³/mol. The summed E-state index contributed by atoms with van der Waals surface area (Å²) in [5.41, 5.74) is 2.13. The Morgan fingerprint density at radius 2 is 1.86 bits per heavy atom. The second-order valence-corrected chi connectivity index (χ2v) is 6.66.